The number of hydrogen-bond donors (Lipinski definition) is 2. The van der Waals surface area contributed by atoms with E-state index >= 15 is 0 Å². The van der Waals surface area contributed by atoms with Gasteiger partial charge in [0.2, 0.25) is 5.91 Å². The predicted molar refractivity (Wildman–Crippen MR) is 118 cm³/mol. The van der Waals surface area contributed by atoms with E-state index in [1.165, 1.54) is 24.3 Å². The van der Waals surface area contributed by atoms with Crippen molar-refractivity contribution in [2.24, 2.45) is 0 Å². The second kappa shape index (κ2) is 8.73. The van der Waals surface area contributed by atoms with E-state index in [9.17, 15) is 24.6 Å². The fraction of sp³-hybridized carbons (Fsp3) is 0.227. The summed E-state index contributed by atoms with van der Waals surface area (Å²) in [6.45, 7) is 2.11. The van der Waals surface area contributed by atoms with Crippen LogP contribution in [0.1, 0.15) is 5.56 Å². The molecule has 2 aromatic rings. The Morgan fingerprint density at radius 1 is 0.968 bits per heavy atom. The van der Waals surface area contributed by atoms with Gasteiger partial charge in [-0.1, -0.05) is 24.3 Å². The summed E-state index contributed by atoms with van der Waals surface area (Å²) in [4.78, 5) is 42.7. The Hall–Kier alpha value is -3.46. The van der Waals surface area contributed by atoms with E-state index in [0.717, 1.165) is 22.3 Å². The van der Waals surface area contributed by atoms with Gasteiger partial charge in [0.1, 0.15) is 6.54 Å². The first-order chi connectivity index (χ1) is 14.9. The van der Waals surface area contributed by atoms with Gasteiger partial charge in [-0.2, -0.15) is 0 Å². The van der Waals surface area contributed by atoms with Gasteiger partial charge in [0.25, 0.3) is 11.1 Å². The molecule has 2 aliphatic heterocycles. The number of anilines is 1. The van der Waals surface area contributed by atoms with Crippen LogP contribution in [0.2, 0.25) is 0 Å². The summed E-state index contributed by atoms with van der Waals surface area (Å²) in [5, 5.41) is 18.5. The zero-order valence-corrected chi connectivity index (χ0v) is 17.4. The maximum atomic E-state index is 12.7. The van der Waals surface area contributed by atoms with Crippen LogP contribution in [0.15, 0.2) is 53.4 Å². The Kier molecular flexibility index (Phi) is 5.85. The third-order valence-electron chi connectivity index (χ3n) is 5.22. The molecule has 3 amide bonds. The number of carbonyl (C=O) groups excluding carboxylic acids is 3. The van der Waals surface area contributed by atoms with E-state index < -0.39 is 11.1 Å². The lowest BCUT2D eigenvalue weighted by Gasteiger charge is -2.36. The number of thioether (sulfide) groups is 1. The van der Waals surface area contributed by atoms with Crippen molar-refractivity contribution < 1.29 is 24.6 Å². The molecular formula is C22H21N3O5S. The number of benzene rings is 2. The first kappa shape index (κ1) is 20.8. The van der Waals surface area contributed by atoms with Crippen LogP contribution in [-0.2, 0) is 9.59 Å². The number of para-hydroxylation sites is 1. The summed E-state index contributed by atoms with van der Waals surface area (Å²) >= 11 is 0.748. The van der Waals surface area contributed by atoms with Gasteiger partial charge >= 0.3 is 0 Å². The van der Waals surface area contributed by atoms with E-state index in [0.29, 0.717) is 31.7 Å². The topological polar surface area (TPSA) is 101 Å². The minimum Gasteiger partial charge on any atom is -0.504 e. The summed E-state index contributed by atoms with van der Waals surface area (Å²) in [5.74, 6) is -1.40. The maximum Gasteiger partial charge on any atom is 0.294 e. The van der Waals surface area contributed by atoms with Crippen molar-refractivity contribution in [1.29, 1.82) is 0 Å². The fourth-order valence-corrected chi connectivity index (χ4v) is 4.34. The first-order valence-corrected chi connectivity index (χ1v) is 10.6. The van der Waals surface area contributed by atoms with Crippen molar-refractivity contribution in [3.63, 3.8) is 0 Å². The van der Waals surface area contributed by atoms with Crippen LogP contribution < -0.4 is 4.90 Å². The van der Waals surface area contributed by atoms with Crippen LogP contribution in [0.5, 0.6) is 11.5 Å². The Morgan fingerprint density at radius 3 is 2.35 bits per heavy atom. The SMILES string of the molecule is O=C(CN1C(=O)S/C(=C/c2ccc(O)c(O)c2)C1=O)N1CCN(c2ccccc2)CC1. The van der Waals surface area contributed by atoms with Crippen LogP contribution in [0.25, 0.3) is 6.08 Å². The highest BCUT2D eigenvalue weighted by Gasteiger charge is 2.37. The molecule has 2 aliphatic rings. The molecule has 2 N–H and O–H groups in total. The minimum absolute atomic E-state index is 0.164. The normalized spacial score (nSPS) is 18.2. The number of aromatic hydroxyl groups is 2. The number of phenols is 2. The molecule has 0 saturated carbocycles. The fourth-order valence-electron chi connectivity index (χ4n) is 3.51. The second-order valence-electron chi connectivity index (χ2n) is 7.22. The monoisotopic (exact) mass is 439 g/mol. The molecular weight excluding hydrogens is 418 g/mol. The highest BCUT2D eigenvalue weighted by atomic mass is 32.2. The van der Waals surface area contributed by atoms with Gasteiger partial charge in [-0.3, -0.25) is 19.3 Å². The molecule has 2 fully saturated rings. The minimum atomic E-state index is -0.543. The van der Waals surface area contributed by atoms with E-state index in [1.807, 2.05) is 30.3 Å². The van der Waals surface area contributed by atoms with E-state index in [2.05, 4.69) is 4.90 Å². The van der Waals surface area contributed by atoms with Gasteiger partial charge in [0, 0.05) is 31.9 Å². The second-order valence-corrected chi connectivity index (χ2v) is 8.21. The third-order valence-corrected chi connectivity index (χ3v) is 6.13. The quantitative estimate of drug-likeness (QED) is 0.557. The summed E-state index contributed by atoms with van der Waals surface area (Å²) in [5.41, 5.74) is 1.56. The molecule has 9 heteroatoms. The van der Waals surface area contributed by atoms with Crippen molar-refractivity contribution in [2.45, 2.75) is 0 Å². The standard InChI is InChI=1S/C22H21N3O5S/c26-17-7-6-15(12-18(17)27)13-19-21(29)25(22(30)31-19)14-20(28)24-10-8-23(9-11-24)16-4-2-1-3-5-16/h1-7,12-13,26-27H,8-11,14H2/b19-13+. The van der Waals surface area contributed by atoms with Crippen molar-refractivity contribution in [3.05, 3.63) is 59.0 Å². The van der Waals surface area contributed by atoms with Crippen molar-refractivity contribution >= 4 is 40.6 Å². The summed E-state index contributed by atoms with van der Waals surface area (Å²) in [6.07, 6.45) is 1.45. The Bertz CT molecular complexity index is 1050. The highest BCUT2D eigenvalue weighted by Crippen LogP contribution is 2.33. The molecule has 0 unspecified atom stereocenters. The van der Waals surface area contributed by atoms with Crippen LogP contribution >= 0.6 is 11.8 Å². The number of carbonyl (C=O) groups is 3. The van der Waals surface area contributed by atoms with E-state index in [4.69, 9.17) is 0 Å². The zero-order chi connectivity index (χ0) is 22.0. The lowest BCUT2D eigenvalue weighted by molar-refractivity contribution is -0.136. The Balaban J connectivity index is 1.37. The molecule has 0 atom stereocenters. The predicted octanol–water partition coefficient (Wildman–Crippen LogP) is 2.48. The van der Waals surface area contributed by atoms with Gasteiger partial charge in [-0.15, -0.1) is 0 Å². The van der Waals surface area contributed by atoms with Crippen molar-refractivity contribution in [1.82, 2.24) is 9.80 Å². The molecule has 0 radical (unpaired) electrons. The van der Waals surface area contributed by atoms with E-state index in [1.54, 1.807) is 4.90 Å². The molecule has 4 rings (SSSR count). The lowest BCUT2D eigenvalue weighted by Crippen LogP contribution is -2.51. The maximum absolute atomic E-state index is 12.7. The molecule has 8 nitrogen and oxygen atoms in total. The smallest absolute Gasteiger partial charge is 0.294 e. The number of imide groups is 1. The molecule has 160 valence electrons. The van der Waals surface area contributed by atoms with Gasteiger partial charge in [0.05, 0.1) is 4.91 Å². The largest absolute Gasteiger partial charge is 0.504 e. The van der Waals surface area contributed by atoms with Gasteiger partial charge in [-0.25, -0.2) is 0 Å². The summed E-state index contributed by atoms with van der Waals surface area (Å²) in [6, 6.07) is 14.1. The average molecular weight is 439 g/mol. The molecule has 0 aliphatic carbocycles. The summed E-state index contributed by atoms with van der Waals surface area (Å²) < 4.78 is 0. The molecule has 2 saturated heterocycles. The molecule has 31 heavy (non-hydrogen) atoms. The highest BCUT2D eigenvalue weighted by molar-refractivity contribution is 8.18. The van der Waals surface area contributed by atoms with Gasteiger partial charge in [-0.05, 0) is 47.7 Å². The van der Waals surface area contributed by atoms with Crippen molar-refractivity contribution in [3.8, 4) is 11.5 Å². The zero-order valence-electron chi connectivity index (χ0n) is 16.6. The van der Waals surface area contributed by atoms with Crippen LogP contribution in [-0.4, -0.2) is 69.8 Å². The van der Waals surface area contributed by atoms with E-state index in [-0.39, 0.29) is 28.9 Å². The third kappa shape index (κ3) is 4.51. The Morgan fingerprint density at radius 2 is 1.68 bits per heavy atom. The first-order valence-electron chi connectivity index (χ1n) is 9.77. The molecule has 2 heterocycles. The van der Waals surface area contributed by atoms with Gasteiger partial charge < -0.3 is 20.0 Å². The molecule has 0 aromatic heterocycles. The van der Waals surface area contributed by atoms with Crippen LogP contribution in [0.4, 0.5) is 10.5 Å². The number of rotatable bonds is 4. The number of piperazine rings is 1. The summed E-state index contributed by atoms with van der Waals surface area (Å²) in [7, 11) is 0. The van der Waals surface area contributed by atoms with Crippen LogP contribution in [0, 0.1) is 0 Å². The van der Waals surface area contributed by atoms with Gasteiger partial charge in [0.15, 0.2) is 11.5 Å². The molecule has 0 bridgehead atoms. The number of hydrogen-bond acceptors (Lipinski definition) is 7. The average Bonchev–Trinajstić information content (AvgIpc) is 3.04. The van der Waals surface area contributed by atoms with Crippen LogP contribution in [0.3, 0.4) is 0 Å². The lowest BCUT2D eigenvalue weighted by atomic mass is 10.2. The van der Waals surface area contributed by atoms with Crippen molar-refractivity contribution in [2.75, 3.05) is 37.6 Å². The Labute approximate surface area is 183 Å². The molecule has 0 spiro atoms. The number of nitrogens with zero attached hydrogens (tertiary/aromatic N) is 3. The number of amides is 3. The molecule has 2 aromatic carbocycles. The number of phenolic OH excluding ortho intramolecular Hbond substituents is 2.